The molecule has 1 atom stereocenters. The molecule has 3 aromatic rings. The Bertz CT molecular complexity index is 1580. The number of benzene rings is 1. The van der Waals surface area contributed by atoms with Crippen LogP contribution in [0, 0.1) is 12.7 Å². The van der Waals surface area contributed by atoms with Crippen LogP contribution in [-0.4, -0.2) is 57.7 Å². The number of carbonyl (C=O) groups is 2. The molecule has 1 amide bonds. The number of carbonyl (C=O) groups excluding carboxylic acids is 2. The van der Waals surface area contributed by atoms with Gasteiger partial charge in [0.15, 0.2) is 5.60 Å². The summed E-state index contributed by atoms with van der Waals surface area (Å²) < 4.78 is 26.5. The summed E-state index contributed by atoms with van der Waals surface area (Å²) in [6.45, 7) is 7.55. The van der Waals surface area contributed by atoms with Crippen molar-refractivity contribution < 1.29 is 28.6 Å². The zero-order chi connectivity index (χ0) is 28.2. The molecule has 4 heterocycles. The molecule has 0 radical (unpaired) electrons. The molecule has 2 aromatic heterocycles. The highest BCUT2D eigenvalue weighted by Crippen LogP contribution is 2.40. The van der Waals surface area contributed by atoms with Crippen molar-refractivity contribution in [2.24, 2.45) is 0 Å². The monoisotopic (exact) mass is 537 g/mol. The van der Waals surface area contributed by atoms with E-state index < -0.39 is 17.4 Å². The number of aliphatic hydroxyl groups is 1. The van der Waals surface area contributed by atoms with E-state index in [0.29, 0.717) is 35.4 Å². The van der Waals surface area contributed by atoms with Crippen LogP contribution in [0.2, 0.25) is 0 Å². The van der Waals surface area contributed by atoms with Crippen LogP contribution >= 0.6 is 0 Å². The lowest BCUT2D eigenvalue weighted by atomic mass is 9.86. The van der Waals surface area contributed by atoms with Gasteiger partial charge in [-0.3, -0.25) is 9.59 Å². The molecule has 2 aliphatic rings. The first kappa shape index (κ1) is 27.0. The van der Waals surface area contributed by atoms with Crippen LogP contribution in [0.1, 0.15) is 55.0 Å². The van der Waals surface area contributed by atoms with Crippen LogP contribution < -0.4 is 5.56 Å². The maximum Gasteiger partial charge on any atom is 0.343 e. The number of fused-ring (bicyclic) bond motifs is 5. The van der Waals surface area contributed by atoms with Gasteiger partial charge in [-0.05, 0) is 56.9 Å². The summed E-state index contributed by atoms with van der Waals surface area (Å²) in [7, 11) is 1.48. The van der Waals surface area contributed by atoms with Crippen molar-refractivity contribution in [2.75, 3.05) is 20.3 Å². The Hall–Kier alpha value is -3.63. The first-order valence-corrected chi connectivity index (χ1v) is 13.1. The van der Waals surface area contributed by atoms with Crippen LogP contribution in [0.4, 0.5) is 4.39 Å². The Morgan fingerprint density at radius 2 is 2.03 bits per heavy atom. The molecule has 10 heteroatoms. The largest absolute Gasteiger partial charge is 0.458 e. The number of methoxy groups -OCH3 is 1. The van der Waals surface area contributed by atoms with E-state index >= 15 is 0 Å². The summed E-state index contributed by atoms with van der Waals surface area (Å²) in [4.78, 5) is 45.3. The predicted molar refractivity (Wildman–Crippen MR) is 142 cm³/mol. The molecular weight excluding hydrogens is 505 g/mol. The van der Waals surface area contributed by atoms with Gasteiger partial charge in [0, 0.05) is 42.3 Å². The van der Waals surface area contributed by atoms with E-state index in [1.165, 1.54) is 13.2 Å². The third-order valence-electron chi connectivity index (χ3n) is 7.90. The molecule has 0 fully saturated rings. The third kappa shape index (κ3) is 4.22. The second kappa shape index (κ2) is 9.84. The van der Waals surface area contributed by atoms with Gasteiger partial charge in [0.2, 0.25) is 5.91 Å². The highest BCUT2D eigenvalue weighted by Gasteiger charge is 2.45. The second-order valence-electron chi connectivity index (χ2n) is 10.5. The molecule has 0 bridgehead atoms. The van der Waals surface area contributed by atoms with E-state index in [0.717, 1.165) is 16.5 Å². The lowest BCUT2D eigenvalue weighted by molar-refractivity contribution is -0.172. The van der Waals surface area contributed by atoms with Gasteiger partial charge in [-0.25, -0.2) is 14.2 Å². The summed E-state index contributed by atoms with van der Waals surface area (Å²) >= 11 is 0. The number of aryl methyl sites for hydroxylation is 1. The standard InChI is InChI=1S/C29H32FN3O6/c1-6-29(37)21-10-24-26-19(12-33(24)27(35)20(21)13-39-28(29)36)17(7-8-32(15(2)3)25(34)14-38-5)18-9-16(4)22(30)11-23(18)31-26/h9-11,15,37H,6-8,12-14H2,1-5H3/t29-/m0/s1. The molecule has 206 valence electrons. The van der Waals surface area contributed by atoms with E-state index in [9.17, 15) is 23.9 Å². The van der Waals surface area contributed by atoms with Crippen LogP contribution in [-0.2, 0) is 44.2 Å². The van der Waals surface area contributed by atoms with Gasteiger partial charge >= 0.3 is 5.97 Å². The average molecular weight is 538 g/mol. The van der Waals surface area contributed by atoms with Gasteiger partial charge in [-0.15, -0.1) is 0 Å². The summed E-state index contributed by atoms with van der Waals surface area (Å²) in [6.07, 6.45) is 0.485. The summed E-state index contributed by atoms with van der Waals surface area (Å²) in [5.41, 5.74) is 1.66. The molecule has 0 saturated carbocycles. The highest BCUT2D eigenvalue weighted by molar-refractivity contribution is 5.89. The second-order valence-corrected chi connectivity index (χ2v) is 10.5. The van der Waals surface area contributed by atoms with Crippen molar-refractivity contribution >= 4 is 22.8 Å². The van der Waals surface area contributed by atoms with E-state index in [2.05, 4.69) is 0 Å². The van der Waals surface area contributed by atoms with Crippen LogP contribution in [0.15, 0.2) is 23.0 Å². The number of amides is 1. The molecule has 5 rings (SSSR count). The number of aromatic nitrogens is 2. The topological polar surface area (TPSA) is 111 Å². The number of ether oxygens (including phenoxy) is 2. The van der Waals surface area contributed by atoms with Crippen LogP contribution in [0.5, 0.6) is 0 Å². The molecular formula is C29H32FN3O6. The minimum Gasteiger partial charge on any atom is -0.458 e. The number of pyridine rings is 2. The van der Waals surface area contributed by atoms with Gasteiger partial charge < -0.3 is 24.0 Å². The normalized spacial score (nSPS) is 17.7. The van der Waals surface area contributed by atoms with Gasteiger partial charge in [0.25, 0.3) is 5.56 Å². The van der Waals surface area contributed by atoms with Crippen molar-refractivity contribution in [1.82, 2.24) is 14.5 Å². The molecule has 39 heavy (non-hydrogen) atoms. The minimum atomic E-state index is -1.94. The zero-order valence-corrected chi connectivity index (χ0v) is 22.8. The van der Waals surface area contributed by atoms with Gasteiger partial charge in [-0.1, -0.05) is 6.92 Å². The number of hydrogen-bond donors (Lipinski definition) is 1. The van der Waals surface area contributed by atoms with Crippen molar-refractivity contribution in [3.05, 3.63) is 62.2 Å². The molecule has 0 unspecified atom stereocenters. The maximum atomic E-state index is 14.7. The van der Waals surface area contributed by atoms with Crippen molar-refractivity contribution in [3.8, 4) is 11.4 Å². The molecule has 0 aliphatic carbocycles. The highest BCUT2D eigenvalue weighted by atomic mass is 19.1. The first-order valence-electron chi connectivity index (χ1n) is 13.1. The van der Waals surface area contributed by atoms with E-state index in [-0.39, 0.29) is 54.8 Å². The minimum absolute atomic E-state index is 0.0365. The fraction of sp³-hybridized carbons (Fsp3) is 0.448. The quantitative estimate of drug-likeness (QED) is 0.361. The van der Waals surface area contributed by atoms with Gasteiger partial charge in [-0.2, -0.15) is 0 Å². The Balaban J connectivity index is 1.70. The van der Waals surface area contributed by atoms with Crippen molar-refractivity contribution in [2.45, 2.75) is 65.3 Å². The number of cyclic esters (lactones) is 1. The van der Waals surface area contributed by atoms with Gasteiger partial charge in [0.05, 0.1) is 29.0 Å². The molecule has 0 spiro atoms. The molecule has 1 aromatic carbocycles. The maximum absolute atomic E-state index is 14.7. The lowest BCUT2D eigenvalue weighted by Crippen LogP contribution is -2.44. The first-order chi connectivity index (χ1) is 18.5. The predicted octanol–water partition coefficient (Wildman–Crippen LogP) is 2.95. The molecule has 0 saturated heterocycles. The molecule has 2 aliphatic heterocycles. The summed E-state index contributed by atoms with van der Waals surface area (Å²) in [6, 6.07) is 4.71. The van der Waals surface area contributed by atoms with Crippen molar-refractivity contribution in [1.29, 1.82) is 0 Å². The summed E-state index contributed by atoms with van der Waals surface area (Å²) in [5.74, 6) is -1.33. The number of rotatable bonds is 7. The lowest BCUT2D eigenvalue weighted by Gasteiger charge is -2.31. The number of nitrogens with zero attached hydrogens (tertiary/aromatic N) is 3. The Kier molecular flexibility index (Phi) is 6.80. The average Bonchev–Trinajstić information content (AvgIpc) is 3.26. The third-order valence-corrected chi connectivity index (χ3v) is 7.90. The number of halogens is 1. The molecule has 1 N–H and O–H groups in total. The van der Waals surface area contributed by atoms with E-state index in [1.807, 2.05) is 13.8 Å². The zero-order valence-electron chi connectivity index (χ0n) is 22.8. The summed E-state index contributed by atoms with van der Waals surface area (Å²) in [5, 5.41) is 11.9. The number of esters is 1. The SMILES string of the molecule is CC[C@@]1(O)C(=O)OCc2c1cc1n(c2=O)Cc2c-1nc1cc(F)c(C)cc1c2CCN(C(=O)COC)C(C)C. The Morgan fingerprint density at radius 1 is 1.28 bits per heavy atom. The number of hydrogen-bond acceptors (Lipinski definition) is 7. The molecule has 9 nitrogen and oxygen atoms in total. The van der Waals surface area contributed by atoms with Gasteiger partial charge in [0.1, 0.15) is 19.0 Å². The van der Waals surface area contributed by atoms with E-state index in [4.69, 9.17) is 14.5 Å². The Morgan fingerprint density at radius 3 is 2.69 bits per heavy atom. The fourth-order valence-corrected chi connectivity index (χ4v) is 5.69. The smallest absolute Gasteiger partial charge is 0.343 e. The van der Waals surface area contributed by atoms with Crippen LogP contribution in [0.25, 0.3) is 22.3 Å². The van der Waals surface area contributed by atoms with E-state index in [1.54, 1.807) is 35.4 Å². The fourth-order valence-electron chi connectivity index (χ4n) is 5.69. The van der Waals surface area contributed by atoms with Crippen LogP contribution in [0.3, 0.4) is 0 Å². The van der Waals surface area contributed by atoms with Crippen molar-refractivity contribution in [3.63, 3.8) is 0 Å². The Labute approximate surface area is 225 Å².